The first-order valence-corrected chi connectivity index (χ1v) is 8.53. The van der Waals surface area contributed by atoms with Crippen molar-refractivity contribution >= 4 is 21.6 Å². The van der Waals surface area contributed by atoms with Gasteiger partial charge in [0.15, 0.2) is 11.5 Å². The van der Waals surface area contributed by atoms with Crippen LogP contribution >= 0.6 is 11.3 Å². The van der Waals surface area contributed by atoms with Crippen molar-refractivity contribution in [1.82, 2.24) is 4.98 Å². The average Bonchev–Trinajstić information content (AvgIpc) is 2.99. The Bertz CT molecular complexity index is 768. The van der Waals surface area contributed by atoms with Crippen LogP contribution in [0.1, 0.15) is 23.4 Å². The van der Waals surface area contributed by atoms with Crippen LogP contribution in [0.5, 0.6) is 11.5 Å². The van der Waals surface area contributed by atoms with E-state index in [1.165, 1.54) is 4.70 Å². The fraction of sp³-hybridized carbons (Fsp3) is 0.278. The molecule has 0 spiro atoms. The third-order valence-corrected chi connectivity index (χ3v) is 4.95. The van der Waals surface area contributed by atoms with E-state index < -0.39 is 0 Å². The second-order valence-corrected chi connectivity index (χ2v) is 6.45. The van der Waals surface area contributed by atoms with E-state index in [0.29, 0.717) is 18.9 Å². The highest BCUT2D eigenvalue weighted by molar-refractivity contribution is 7.18. The van der Waals surface area contributed by atoms with Crippen LogP contribution in [0, 0.1) is 0 Å². The van der Waals surface area contributed by atoms with E-state index in [1.54, 1.807) is 17.4 Å². The van der Waals surface area contributed by atoms with Gasteiger partial charge in [0.1, 0.15) is 0 Å². The van der Waals surface area contributed by atoms with Gasteiger partial charge in [0.2, 0.25) is 0 Å². The standard InChI is InChI=1S/C18H20N2O2S/c1-2-22-16-10-12(7-8-15(16)21)9-13(11-19)18-20-14-5-3-4-6-17(14)23-18/h3-8,10,13,21H,2,9,11,19H2,1H3. The lowest BCUT2D eigenvalue weighted by Gasteiger charge is -2.13. The zero-order valence-corrected chi connectivity index (χ0v) is 13.8. The van der Waals surface area contributed by atoms with Gasteiger partial charge in [-0.3, -0.25) is 0 Å². The molecule has 23 heavy (non-hydrogen) atoms. The van der Waals surface area contributed by atoms with Crippen molar-refractivity contribution in [3.63, 3.8) is 0 Å². The van der Waals surface area contributed by atoms with Gasteiger partial charge in [0.05, 0.1) is 21.8 Å². The quantitative estimate of drug-likeness (QED) is 0.724. The molecular formula is C18H20N2O2S. The monoisotopic (exact) mass is 328 g/mol. The number of aromatic hydroxyl groups is 1. The summed E-state index contributed by atoms with van der Waals surface area (Å²) < 4.78 is 6.63. The molecule has 0 aliphatic heterocycles. The number of hydrogen-bond acceptors (Lipinski definition) is 5. The number of para-hydroxylation sites is 1. The Morgan fingerprint density at radius 1 is 1.26 bits per heavy atom. The number of hydrogen-bond donors (Lipinski definition) is 2. The van der Waals surface area contributed by atoms with E-state index in [1.807, 2.05) is 37.3 Å². The van der Waals surface area contributed by atoms with E-state index in [4.69, 9.17) is 15.5 Å². The van der Waals surface area contributed by atoms with Gasteiger partial charge < -0.3 is 15.6 Å². The summed E-state index contributed by atoms with van der Waals surface area (Å²) in [5.74, 6) is 0.844. The summed E-state index contributed by atoms with van der Waals surface area (Å²) in [6, 6.07) is 13.6. The molecule has 0 fully saturated rings. The van der Waals surface area contributed by atoms with Crippen LogP contribution in [0.25, 0.3) is 10.2 Å². The van der Waals surface area contributed by atoms with Crippen molar-refractivity contribution in [2.45, 2.75) is 19.3 Å². The molecule has 120 valence electrons. The molecule has 2 aromatic carbocycles. The van der Waals surface area contributed by atoms with Gasteiger partial charge in [-0.05, 0) is 43.2 Å². The number of ether oxygens (including phenoxy) is 1. The molecule has 3 N–H and O–H groups in total. The molecule has 1 heterocycles. The molecule has 0 aliphatic rings. The van der Waals surface area contributed by atoms with Crippen LogP contribution in [0.4, 0.5) is 0 Å². The summed E-state index contributed by atoms with van der Waals surface area (Å²) in [6.07, 6.45) is 0.774. The van der Waals surface area contributed by atoms with Gasteiger partial charge in [-0.2, -0.15) is 0 Å². The Morgan fingerprint density at radius 3 is 2.83 bits per heavy atom. The second-order valence-electron chi connectivity index (χ2n) is 5.39. The van der Waals surface area contributed by atoms with Crippen molar-refractivity contribution in [1.29, 1.82) is 0 Å². The molecule has 5 heteroatoms. The summed E-state index contributed by atoms with van der Waals surface area (Å²) >= 11 is 1.70. The Hall–Kier alpha value is -2.11. The van der Waals surface area contributed by atoms with Crippen LogP contribution in [-0.4, -0.2) is 23.2 Å². The van der Waals surface area contributed by atoms with Gasteiger partial charge in [-0.25, -0.2) is 4.98 Å². The van der Waals surface area contributed by atoms with Crippen LogP contribution < -0.4 is 10.5 Å². The SMILES string of the molecule is CCOc1cc(CC(CN)c2nc3ccccc3s2)ccc1O. The Kier molecular flexibility index (Phi) is 4.79. The maximum atomic E-state index is 9.81. The third-order valence-electron chi connectivity index (χ3n) is 3.75. The Balaban J connectivity index is 1.85. The Morgan fingerprint density at radius 2 is 2.09 bits per heavy atom. The number of phenols is 1. The van der Waals surface area contributed by atoms with Crippen LogP contribution in [0.15, 0.2) is 42.5 Å². The number of nitrogens with zero attached hydrogens (tertiary/aromatic N) is 1. The van der Waals surface area contributed by atoms with Gasteiger partial charge in [-0.15, -0.1) is 11.3 Å². The maximum Gasteiger partial charge on any atom is 0.161 e. The zero-order valence-electron chi connectivity index (χ0n) is 13.0. The van der Waals surface area contributed by atoms with Crippen LogP contribution in [0.3, 0.4) is 0 Å². The predicted octanol–water partition coefficient (Wildman–Crippen LogP) is 3.69. The number of aromatic nitrogens is 1. The number of fused-ring (bicyclic) bond motifs is 1. The largest absolute Gasteiger partial charge is 0.504 e. The highest BCUT2D eigenvalue weighted by atomic mass is 32.1. The first-order valence-electron chi connectivity index (χ1n) is 7.71. The lowest BCUT2D eigenvalue weighted by atomic mass is 9.99. The van der Waals surface area contributed by atoms with Gasteiger partial charge in [-0.1, -0.05) is 18.2 Å². The minimum Gasteiger partial charge on any atom is -0.504 e. The molecule has 0 bridgehead atoms. The summed E-state index contributed by atoms with van der Waals surface area (Å²) in [6.45, 7) is 2.95. The van der Waals surface area contributed by atoms with Gasteiger partial charge in [0, 0.05) is 12.5 Å². The van der Waals surface area contributed by atoms with Crippen LogP contribution in [-0.2, 0) is 6.42 Å². The molecule has 0 radical (unpaired) electrons. The number of thiazole rings is 1. The van der Waals surface area contributed by atoms with Crippen molar-refractivity contribution in [2.75, 3.05) is 13.2 Å². The van der Waals surface area contributed by atoms with Crippen molar-refractivity contribution < 1.29 is 9.84 Å². The second kappa shape index (κ2) is 6.98. The van der Waals surface area contributed by atoms with Gasteiger partial charge in [0.25, 0.3) is 0 Å². The highest BCUT2D eigenvalue weighted by Gasteiger charge is 2.16. The molecular weight excluding hydrogens is 308 g/mol. The normalized spacial score (nSPS) is 12.4. The first kappa shape index (κ1) is 15.8. The highest BCUT2D eigenvalue weighted by Crippen LogP contribution is 2.32. The molecule has 0 saturated carbocycles. The smallest absolute Gasteiger partial charge is 0.161 e. The molecule has 4 nitrogen and oxygen atoms in total. The first-order chi connectivity index (χ1) is 11.2. The fourth-order valence-electron chi connectivity index (χ4n) is 2.58. The summed E-state index contributed by atoms with van der Waals surface area (Å²) in [5.41, 5.74) is 8.09. The predicted molar refractivity (Wildman–Crippen MR) is 94.4 cm³/mol. The number of benzene rings is 2. The average molecular weight is 328 g/mol. The maximum absolute atomic E-state index is 9.81. The molecule has 1 unspecified atom stereocenters. The van der Waals surface area contributed by atoms with Crippen molar-refractivity contribution in [3.8, 4) is 11.5 Å². The summed E-state index contributed by atoms with van der Waals surface area (Å²) in [5, 5.41) is 10.9. The van der Waals surface area contributed by atoms with Gasteiger partial charge >= 0.3 is 0 Å². The topological polar surface area (TPSA) is 68.4 Å². The summed E-state index contributed by atoms with van der Waals surface area (Å²) in [4.78, 5) is 4.71. The lowest BCUT2D eigenvalue weighted by molar-refractivity contribution is 0.317. The molecule has 3 rings (SSSR count). The zero-order chi connectivity index (χ0) is 16.2. The molecule has 1 aromatic heterocycles. The van der Waals surface area contributed by atoms with Crippen molar-refractivity contribution in [2.24, 2.45) is 5.73 Å². The van der Waals surface area contributed by atoms with E-state index >= 15 is 0 Å². The third kappa shape index (κ3) is 3.46. The van der Waals surface area contributed by atoms with E-state index in [-0.39, 0.29) is 11.7 Å². The lowest BCUT2D eigenvalue weighted by Crippen LogP contribution is -2.14. The molecule has 3 aromatic rings. The Labute approximate surface area is 139 Å². The number of nitrogens with two attached hydrogens (primary N) is 1. The molecule has 0 saturated heterocycles. The minimum absolute atomic E-state index is 0.159. The molecule has 0 amide bonds. The molecule has 1 atom stereocenters. The van der Waals surface area contributed by atoms with E-state index in [9.17, 15) is 5.11 Å². The van der Waals surface area contributed by atoms with E-state index in [0.717, 1.165) is 22.5 Å². The van der Waals surface area contributed by atoms with E-state index in [2.05, 4.69) is 6.07 Å². The summed E-state index contributed by atoms with van der Waals surface area (Å²) in [7, 11) is 0. The molecule has 0 aliphatic carbocycles. The number of phenolic OH excluding ortho intramolecular Hbond substituents is 1. The minimum atomic E-state index is 0.159. The number of rotatable bonds is 6. The van der Waals surface area contributed by atoms with Crippen LogP contribution in [0.2, 0.25) is 0 Å². The van der Waals surface area contributed by atoms with Crippen molar-refractivity contribution in [3.05, 3.63) is 53.0 Å². The fourth-order valence-corrected chi connectivity index (χ4v) is 3.66.